The van der Waals surface area contributed by atoms with Gasteiger partial charge < -0.3 is 39.2 Å². The molecule has 0 spiro atoms. The number of anilines is 1. The van der Waals surface area contributed by atoms with Gasteiger partial charge in [-0.05, 0) is 54.8 Å². The largest absolute Gasteiger partial charge is 0.490 e. The molecule has 2 aromatic carbocycles. The van der Waals surface area contributed by atoms with Crippen LogP contribution in [0.15, 0.2) is 59.7 Å². The van der Waals surface area contributed by atoms with Crippen LogP contribution >= 0.6 is 0 Å². The molecule has 0 aromatic heterocycles. The number of methoxy groups -OCH3 is 1. The number of ether oxygens (including phenoxy) is 4. The standard InChI is InChI=1S/C30H40N4O5/c1-21-11-13-33(2)30(32-21)39-24-8-6-23(7-9-24)29-26(35)18-31-19-28(29)38-20-22-5-10-27-25(17-22)34(14-16-37-27)12-4-15-36-3/h5-11,13,17,26,28-31,35H,4,12,14-16,18-20H2,1-3H3. The first kappa shape index (κ1) is 27.5. The number of β-amino-alcohol motifs (C(OH)–C–C–N with tert-alkyl or cyclic N) is 1. The highest BCUT2D eigenvalue weighted by molar-refractivity contribution is 5.93. The van der Waals surface area contributed by atoms with Gasteiger partial charge in [0.15, 0.2) is 0 Å². The van der Waals surface area contributed by atoms with Crippen LogP contribution in [0.2, 0.25) is 0 Å². The van der Waals surface area contributed by atoms with Crippen molar-refractivity contribution in [3.8, 4) is 11.5 Å². The summed E-state index contributed by atoms with van der Waals surface area (Å²) in [6, 6.07) is 14.2. The molecule has 9 nitrogen and oxygen atoms in total. The average molecular weight is 537 g/mol. The number of allylic oxidation sites excluding steroid dienone is 1. The third-order valence-electron chi connectivity index (χ3n) is 7.46. The Balaban J connectivity index is 1.24. The Morgan fingerprint density at radius 3 is 2.82 bits per heavy atom. The summed E-state index contributed by atoms with van der Waals surface area (Å²) in [5, 5.41) is 14.3. The van der Waals surface area contributed by atoms with Crippen LogP contribution < -0.4 is 19.7 Å². The number of aliphatic imine (C=N–C) groups is 1. The highest BCUT2D eigenvalue weighted by atomic mass is 16.5. The van der Waals surface area contributed by atoms with Crippen molar-refractivity contribution in [3.63, 3.8) is 0 Å². The smallest absolute Gasteiger partial charge is 0.270 e. The van der Waals surface area contributed by atoms with Crippen molar-refractivity contribution >= 4 is 11.4 Å². The number of nitrogens with zero attached hydrogens (tertiary/aromatic N) is 3. The Bertz CT molecular complexity index is 1150. The lowest BCUT2D eigenvalue weighted by molar-refractivity contribution is -0.0328. The summed E-state index contributed by atoms with van der Waals surface area (Å²) in [7, 11) is 3.67. The van der Waals surface area contributed by atoms with E-state index >= 15 is 0 Å². The molecule has 0 bridgehead atoms. The summed E-state index contributed by atoms with van der Waals surface area (Å²) >= 11 is 0. The van der Waals surface area contributed by atoms with Crippen LogP contribution in [0.5, 0.6) is 11.5 Å². The molecule has 1 fully saturated rings. The van der Waals surface area contributed by atoms with Gasteiger partial charge in [-0.1, -0.05) is 18.2 Å². The van der Waals surface area contributed by atoms with Gasteiger partial charge in [-0.25, -0.2) is 4.99 Å². The van der Waals surface area contributed by atoms with Crippen LogP contribution in [-0.2, 0) is 16.1 Å². The van der Waals surface area contributed by atoms with E-state index in [1.807, 2.05) is 61.5 Å². The number of aliphatic hydroxyl groups excluding tert-OH is 1. The Labute approximate surface area is 231 Å². The van der Waals surface area contributed by atoms with Crippen molar-refractivity contribution in [1.82, 2.24) is 10.2 Å². The predicted molar refractivity (Wildman–Crippen MR) is 152 cm³/mol. The van der Waals surface area contributed by atoms with Crippen molar-refractivity contribution in [2.24, 2.45) is 4.99 Å². The lowest BCUT2D eigenvalue weighted by Gasteiger charge is -2.36. The Morgan fingerprint density at radius 2 is 2.00 bits per heavy atom. The van der Waals surface area contributed by atoms with Gasteiger partial charge >= 0.3 is 0 Å². The van der Waals surface area contributed by atoms with Crippen molar-refractivity contribution in [3.05, 3.63) is 65.9 Å². The maximum absolute atomic E-state index is 10.9. The van der Waals surface area contributed by atoms with E-state index in [2.05, 4.69) is 27.3 Å². The Morgan fingerprint density at radius 1 is 1.15 bits per heavy atom. The second kappa shape index (κ2) is 12.8. The van der Waals surface area contributed by atoms with Crippen molar-refractivity contribution in [2.45, 2.75) is 44.4 Å². The molecule has 5 rings (SSSR count). The number of benzene rings is 2. The van der Waals surface area contributed by atoms with Gasteiger partial charge in [0, 0.05) is 58.2 Å². The molecular weight excluding hydrogens is 496 g/mol. The number of piperidine rings is 1. The van der Waals surface area contributed by atoms with E-state index in [4.69, 9.17) is 18.9 Å². The maximum atomic E-state index is 10.9. The molecule has 0 radical (unpaired) electrons. The van der Waals surface area contributed by atoms with Crippen molar-refractivity contribution < 1.29 is 24.1 Å². The Kier molecular flexibility index (Phi) is 9.03. The van der Waals surface area contributed by atoms with E-state index in [1.54, 1.807) is 7.11 Å². The van der Waals surface area contributed by atoms with Crippen LogP contribution in [0.3, 0.4) is 0 Å². The summed E-state index contributed by atoms with van der Waals surface area (Å²) in [6.07, 6.45) is 3.77. The SMILES string of the molecule is COCCCN1CCOc2ccc(COC3CNCC(O)C3c3ccc(OC4N=C(C)C=CN4C)cc3)cc21. The van der Waals surface area contributed by atoms with Crippen molar-refractivity contribution in [2.75, 3.05) is 58.5 Å². The lowest BCUT2D eigenvalue weighted by atomic mass is 9.85. The molecule has 0 amide bonds. The average Bonchev–Trinajstić information content (AvgIpc) is 2.95. The number of aliphatic hydroxyl groups is 1. The van der Waals surface area contributed by atoms with Crippen LogP contribution in [0, 0.1) is 0 Å². The molecule has 39 heavy (non-hydrogen) atoms. The molecule has 0 aliphatic carbocycles. The topological polar surface area (TPSA) is 88.0 Å². The van der Waals surface area contributed by atoms with E-state index in [0.29, 0.717) is 26.3 Å². The zero-order valence-electron chi connectivity index (χ0n) is 23.1. The molecular formula is C30H40N4O5. The molecule has 4 unspecified atom stereocenters. The van der Waals surface area contributed by atoms with Gasteiger partial charge in [-0.15, -0.1) is 0 Å². The van der Waals surface area contributed by atoms with Crippen LogP contribution in [0.4, 0.5) is 5.69 Å². The van der Waals surface area contributed by atoms with E-state index in [1.165, 1.54) is 0 Å². The minimum Gasteiger partial charge on any atom is -0.490 e. The van der Waals surface area contributed by atoms with Gasteiger partial charge in [0.2, 0.25) is 0 Å². The van der Waals surface area contributed by atoms with Gasteiger partial charge in [0.05, 0.1) is 31.0 Å². The molecule has 3 aliphatic heterocycles. The molecule has 1 saturated heterocycles. The fourth-order valence-electron chi connectivity index (χ4n) is 5.33. The molecule has 2 N–H and O–H groups in total. The monoisotopic (exact) mass is 536 g/mol. The van der Waals surface area contributed by atoms with Gasteiger partial charge in [0.25, 0.3) is 6.35 Å². The van der Waals surface area contributed by atoms with E-state index in [0.717, 1.165) is 60.1 Å². The fourth-order valence-corrected chi connectivity index (χ4v) is 5.33. The van der Waals surface area contributed by atoms with Gasteiger partial charge in [-0.2, -0.15) is 0 Å². The highest BCUT2D eigenvalue weighted by Crippen LogP contribution is 2.34. The summed E-state index contributed by atoms with van der Waals surface area (Å²) in [4.78, 5) is 8.83. The maximum Gasteiger partial charge on any atom is 0.270 e. The Hall–Kier alpha value is -3.11. The minimum absolute atomic E-state index is 0.146. The third-order valence-corrected chi connectivity index (χ3v) is 7.46. The molecule has 9 heteroatoms. The predicted octanol–water partition coefficient (Wildman–Crippen LogP) is 3.14. The highest BCUT2D eigenvalue weighted by Gasteiger charge is 2.34. The first-order valence-electron chi connectivity index (χ1n) is 13.7. The van der Waals surface area contributed by atoms with Crippen molar-refractivity contribution in [1.29, 1.82) is 0 Å². The van der Waals surface area contributed by atoms with E-state index in [-0.39, 0.29) is 18.4 Å². The van der Waals surface area contributed by atoms with E-state index < -0.39 is 6.10 Å². The van der Waals surface area contributed by atoms with E-state index in [9.17, 15) is 5.11 Å². The molecule has 2 aromatic rings. The summed E-state index contributed by atoms with van der Waals surface area (Å²) in [6.45, 7) is 6.83. The molecule has 3 aliphatic rings. The first-order valence-corrected chi connectivity index (χ1v) is 13.7. The minimum atomic E-state index is -0.550. The van der Waals surface area contributed by atoms with Crippen LogP contribution in [0.1, 0.15) is 30.4 Å². The molecule has 3 heterocycles. The number of fused-ring (bicyclic) bond motifs is 1. The van der Waals surface area contributed by atoms with Gasteiger partial charge in [0.1, 0.15) is 18.1 Å². The zero-order chi connectivity index (χ0) is 27.2. The first-order chi connectivity index (χ1) is 19.0. The molecule has 4 atom stereocenters. The zero-order valence-corrected chi connectivity index (χ0v) is 23.1. The summed E-state index contributed by atoms with van der Waals surface area (Å²) < 4.78 is 23.6. The molecule has 0 saturated carbocycles. The number of rotatable bonds is 10. The fraction of sp³-hybridized carbons (Fsp3) is 0.500. The summed E-state index contributed by atoms with van der Waals surface area (Å²) in [5.74, 6) is 1.50. The van der Waals surface area contributed by atoms with Gasteiger partial charge in [-0.3, -0.25) is 0 Å². The second-order valence-electron chi connectivity index (χ2n) is 10.3. The van der Waals surface area contributed by atoms with Crippen LogP contribution in [0.25, 0.3) is 0 Å². The summed E-state index contributed by atoms with van der Waals surface area (Å²) in [5.41, 5.74) is 4.14. The quantitative estimate of drug-likeness (QED) is 0.448. The third kappa shape index (κ3) is 6.73. The number of hydrogen-bond acceptors (Lipinski definition) is 9. The molecule has 210 valence electrons. The lowest BCUT2D eigenvalue weighted by Crippen LogP contribution is -2.49. The van der Waals surface area contributed by atoms with Crippen LogP contribution in [-0.4, -0.2) is 87.8 Å². The second-order valence-corrected chi connectivity index (χ2v) is 10.3. The number of nitrogens with one attached hydrogen (secondary N) is 1. The normalized spacial score (nSPS) is 24.7. The number of hydrogen-bond donors (Lipinski definition) is 2.